The van der Waals surface area contributed by atoms with Crippen molar-refractivity contribution in [2.75, 3.05) is 18.9 Å². The highest BCUT2D eigenvalue weighted by Crippen LogP contribution is 2.37. The molecule has 0 amide bonds. The average Bonchev–Trinajstić information content (AvgIpc) is 2.87. The molecule has 1 saturated heterocycles. The third-order valence-corrected chi connectivity index (χ3v) is 5.03. The Morgan fingerprint density at radius 1 is 1.14 bits per heavy atom. The summed E-state index contributed by atoms with van der Waals surface area (Å²) >= 11 is 0. The summed E-state index contributed by atoms with van der Waals surface area (Å²) in [5, 5.41) is 0. The van der Waals surface area contributed by atoms with Crippen molar-refractivity contribution in [3.8, 4) is 0 Å². The third kappa shape index (κ3) is 3.10. The topological polar surface area (TPSA) is 53.1 Å². The lowest BCUT2D eigenvalue weighted by molar-refractivity contribution is 0.0795. The Morgan fingerprint density at radius 3 is 2.57 bits per heavy atom. The quantitative estimate of drug-likeness (QED) is 0.917. The van der Waals surface area contributed by atoms with Gasteiger partial charge in [0, 0.05) is 25.0 Å². The van der Waals surface area contributed by atoms with E-state index in [2.05, 4.69) is 11.5 Å². The minimum atomic E-state index is 0.402. The van der Waals surface area contributed by atoms with E-state index in [1.807, 2.05) is 0 Å². The van der Waals surface area contributed by atoms with Crippen LogP contribution in [0.4, 0.5) is 5.82 Å². The highest BCUT2D eigenvalue weighted by Gasteiger charge is 2.28. The second-order valence-electron chi connectivity index (χ2n) is 6.64. The van der Waals surface area contributed by atoms with Gasteiger partial charge >= 0.3 is 0 Å². The van der Waals surface area contributed by atoms with Crippen molar-refractivity contribution in [3.63, 3.8) is 0 Å². The molecule has 2 aliphatic rings. The molecule has 2 heterocycles. The number of hydrogen-bond acceptors (Lipinski definition) is 3. The van der Waals surface area contributed by atoms with Crippen LogP contribution in [0.1, 0.15) is 81.6 Å². The predicted octanol–water partition coefficient (Wildman–Crippen LogP) is 3.82. The summed E-state index contributed by atoms with van der Waals surface area (Å²) in [6, 6.07) is 0. The van der Waals surface area contributed by atoms with Crippen LogP contribution in [0, 0.1) is 0 Å². The summed E-state index contributed by atoms with van der Waals surface area (Å²) < 4.78 is 7.95. The lowest BCUT2D eigenvalue weighted by atomic mass is 9.88. The van der Waals surface area contributed by atoms with Crippen molar-refractivity contribution < 1.29 is 4.74 Å². The summed E-state index contributed by atoms with van der Waals surface area (Å²) in [5.41, 5.74) is 7.59. The molecule has 0 aromatic carbocycles. The molecule has 1 aromatic rings. The zero-order valence-corrected chi connectivity index (χ0v) is 13.3. The van der Waals surface area contributed by atoms with Gasteiger partial charge in [-0.25, -0.2) is 4.98 Å². The molecular formula is C17H29N3O. The number of rotatable bonds is 4. The minimum Gasteiger partial charge on any atom is -0.384 e. The molecular weight excluding hydrogens is 262 g/mol. The maximum Gasteiger partial charge on any atom is 0.127 e. The van der Waals surface area contributed by atoms with E-state index in [0.717, 1.165) is 50.5 Å². The van der Waals surface area contributed by atoms with E-state index in [0.29, 0.717) is 11.8 Å². The molecule has 118 valence electrons. The van der Waals surface area contributed by atoms with Crippen molar-refractivity contribution in [1.29, 1.82) is 0 Å². The number of aromatic nitrogens is 2. The fraction of sp³-hybridized carbons (Fsp3) is 0.824. The smallest absolute Gasteiger partial charge is 0.127 e. The first kappa shape index (κ1) is 14.9. The Bertz CT molecular complexity index is 457. The molecule has 0 spiro atoms. The van der Waals surface area contributed by atoms with Crippen LogP contribution < -0.4 is 5.73 Å². The van der Waals surface area contributed by atoms with Gasteiger partial charge in [0.15, 0.2) is 0 Å². The van der Waals surface area contributed by atoms with E-state index in [-0.39, 0.29) is 0 Å². The third-order valence-electron chi connectivity index (χ3n) is 5.03. The molecule has 2 fully saturated rings. The van der Waals surface area contributed by atoms with Gasteiger partial charge in [0.2, 0.25) is 0 Å². The second kappa shape index (κ2) is 6.82. The summed E-state index contributed by atoms with van der Waals surface area (Å²) in [6.45, 7) is 4.89. The molecule has 0 bridgehead atoms. The van der Waals surface area contributed by atoms with E-state index < -0.39 is 0 Å². The SMILES string of the molecule is CCCn1c(C2CCCCC2)nc(C2CCCOC2)c1N. The highest BCUT2D eigenvalue weighted by atomic mass is 16.5. The second-order valence-corrected chi connectivity index (χ2v) is 6.64. The van der Waals surface area contributed by atoms with Crippen LogP contribution in [-0.4, -0.2) is 22.8 Å². The number of imidazole rings is 1. The van der Waals surface area contributed by atoms with Crippen LogP contribution in [0.3, 0.4) is 0 Å². The summed E-state index contributed by atoms with van der Waals surface area (Å²) in [6.07, 6.45) is 10.0. The molecule has 1 unspecified atom stereocenters. The number of nitrogens with two attached hydrogens (primary N) is 1. The Balaban J connectivity index is 1.89. The molecule has 1 aliphatic heterocycles. The van der Waals surface area contributed by atoms with Crippen LogP contribution in [0.25, 0.3) is 0 Å². The van der Waals surface area contributed by atoms with Crippen molar-refractivity contribution >= 4 is 5.82 Å². The summed E-state index contributed by atoms with van der Waals surface area (Å²) in [4.78, 5) is 5.03. The molecule has 21 heavy (non-hydrogen) atoms. The molecule has 4 nitrogen and oxygen atoms in total. The van der Waals surface area contributed by atoms with Gasteiger partial charge in [0.25, 0.3) is 0 Å². The highest BCUT2D eigenvalue weighted by molar-refractivity contribution is 5.41. The van der Waals surface area contributed by atoms with Crippen molar-refractivity contribution in [3.05, 3.63) is 11.5 Å². The number of anilines is 1. The molecule has 1 saturated carbocycles. The molecule has 1 aliphatic carbocycles. The van der Waals surface area contributed by atoms with Crippen LogP contribution in [0.2, 0.25) is 0 Å². The van der Waals surface area contributed by atoms with E-state index in [9.17, 15) is 0 Å². The van der Waals surface area contributed by atoms with E-state index in [1.165, 1.54) is 37.9 Å². The lowest BCUT2D eigenvalue weighted by Crippen LogP contribution is -2.17. The van der Waals surface area contributed by atoms with Gasteiger partial charge < -0.3 is 15.0 Å². The largest absolute Gasteiger partial charge is 0.384 e. The maximum atomic E-state index is 6.47. The molecule has 4 heteroatoms. The monoisotopic (exact) mass is 291 g/mol. The lowest BCUT2D eigenvalue weighted by Gasteiger charge is -2.22. The van der Waals surface area contributed by atoms with Crippen LogP contribution in [-0.2, 0) is 11.3 Å². The zero-order valence-electron chi connectivity index (χ0n) is 13.3. The normalized spacial score (nSPS) is 24.3. The Morgan fingerprint density at radius 2 is 1.90 bits per heavy atom. The van der Waals surface area contributed by atoms with E-state index in [4.69, 9.17) is 15.5 Å². The fourth-order valence-corrected chi connectivity index (χ4v) is 3.89. The Hall–Kier alpha value is -1.03. The van der Waals surface area contributed by atoms with Crippen LogP contribution >= 0.6 is 0 Å². The van der Waals surface area contributed by atoms with Crippen molar-refractivity contribution in [2.24, 2.45) is 0 Å². The molecule has 1 aromatic heterocycles. The van der Waals surface area contributed by atoms with Gasteiger partial charge in [-0.2, -0.15) is 0 Å². The van der Waals surface area contributed by atoms with E-state index >= 15 is 0 Å². The van der Waals surface area contributed by atoms with Crippen molar-refractivity contribution in [1.82, 2.24) is 9.55 Å². The van der Waals surface area contributed by atoms with Gasteiger partial charge in [-0.15, -0.1) is 0 Å². The predicted molar refractivity (Wildman–Crippen MR) is 85.6 cm³/mol. The molecule has 1 atom stereocenters. The van der Waals surface area contributed by atoms with E-state index in [1.54, 1.807) is 0 Å². The number of hydrogen-bond donors (Lipinski definition) is 1. The van der Waals surface area contributed by atoms with Gasteiger partial charge in [0.05, 0.1) is 12.3 Å². The molecule has 3 rings (SSSR count). The van der Waals surface area contributed by atoms with Crippen LogP contribution in [0.15, 0.2) is 0 Å². The standard InChI is InChI=1S/C17H29N3O/c1-2-10-20-16(18)15(14-9-6-11-21-12-14)19-17(20)13-7-4-3-5-8-13/h13-14H,2-12,18H2,1H3. The van der Waals surface area contributed by atoms with Gasteiger partial charge in [-0.05, 0) is 32.1 Å². The number of ether oxygens (including phenoxy) is 1. The first-order valence-electron chi connectivity index (χ1n) is 8.74. The first-order valence-corrected chi connectivity index (χ1v) is 8.74. The van der Waals surface area contributed by atoms with Gasteiger partial charge in [-0.3, -0.25) is 0 Å². The van der Waals surface area contributed by atoms with Crippen molar-refractivity contribution in [2.45, 2.75) is 76.7 Å². The molecule has 0 radical (unpaired) electrons. The number of nitrogen functional groups attached to an aromatic ring is 1. The van der Waals surface area contributed by atoms with Gasteiger partial charge in [0.1, 0.15) is 11.6 Å². The zero-order chi connectivity index (χ0) is 14.7. The maximum absolute atomic E-state index is 6.47. The fourth-order valence-electron chi connectivity index (χ4n) is 3.89. The summed E-state index contributed by atoms with van der Waals surface area (Å²) in [5.74, 6) is 3.19. The van der Waals surface area contributed by atoms with Gasteiger partial charge in [-0.1, -0.05) is 26.2 Å². The first-order chi connectivity index (χ1) is 10.3. The average molecular weight is 291 g/mol. The number of nitrogens with zero attached hydrogens (tertiary/aromatic N) is 2. The minimum absolute atomic E-state index is 0.402. The Labute approximate surface area is 128 Å². The van der Waals surface area contributed by atoms with Crippen LogP contribution in [0.5, 0.6) is 0 Å². The molecule has 2 N–H and O–H groups in total. The summed E-state index contributed by atoms with van der Waals surface area (Å²) in [7, 11) is 0. The Kier molecular flexibility index (Phi) is 4.84.